The maximum Gasteiger partial charge on any atom is 0.175 e. The Labute approximate surface area is 185 Å². The first-order valence-corrected chi connectivity index (χ1v) is 12.0. The largest absolute Gasteiger partial charge is 0.493 e. The number of ether oxygens (including phenoxy) is 1. The van der Waals surface area contributed by atoms with Gasteiger partial charge in [-0.15, -0.1) is 0 Å². The van der Waals surface area contributed by atoms with Crippen LogP contribution in [0.2, 0.25) is 0 Å². The van der Waals surface area contributed by atoms with E-state index in [1.54, 1.807) is 7.11 Å². The van der Waals surface area contributed by atoms with Crippen LogP contribution in [-0.2, 0) is 0 Å². The van der Waals surface area contributed by atoms with Crippen molar-refractivity contribution in [3.63, 3.8) is 0 Å². The molecule has 0 aromatic carbocycles. The van der Waals surface area contributed by atoms with Crippen LogP contribution in [0.1, 0.15) is 71.0 Å². The Bertz CT molecular complexity index is 1020. The van der Waals surface area contributed by atoms with E-state index in [9.17, 15) is 0 Å². The van der Waals surface area contributed by atoms with E-state index in [1.807, 2.05) is 24.4 Å². The Morgan fingerprint density at radius 2 is 1.94 bits per heavy atom. The first kappa shape index (κ1) is 20.4. The maximum atomic E-state index is 6.50. The number of nitrogens with one attached hydrogen (secondary N) is 1. The zero-order valence-corrected chi connectivity index (χ0v) is 19.0. The summed E-state index contributed by atoms with van der Waals surface area (Å²) in [5, 5.41) is 0. The quantitative estimate of drug-likeness (QED) is 0.562. The molecule has 4 heteroatoms. The fourth-order valence-corrected chi connectivity index (χ4v) is 5.79. The molecule has 4 heterocycles. The highest BCUT2D eigenvalue weighted by molar-refractivity contribution is 6.02. The molecule has 1 N–H and O–H groups in total. The van der Waals surface area contributed by atoms with Crippen LogP contribution >= 0.6 is 0 Å². The van der Waals surface area contributed by atoms with Crippen molar-refractivity contribution in [3.05, 3.63) is 47.5 Å². The van der Waals surface area contributed by atoms with Gasteiger partial charge in [0.2, 0.25) is 0 Å². The van der Waals surface area contributed by atoms with Gasteiger partial charge in [0.15, 0.2) is 17.3 Å². The van der Waals surface area contributed by atoms with Gasteiger partial charge < -0.3 is 14.1 Å². The Hall–Kier alpha value is -2.49. The molecule has 164 valence electrons. The second-order valence-electron chi connectivity index (χ2n) is 9.59. The standard InChI is InChI=1S/C27H34N2O2/c1-17(2)24-19-12-9-7-5-4-6-8-11-18-15-20(24)26(29-18)25(19)27-23(30-3)16-22(31-27)21-13-10-14-28-21/h10,13-17,19,24,28H,4-9,11-12H2,1-3H3/t19-,24-/m1/s1. The number of furan rings is 1. The summed E-state index contributed by atoms with van der Waals surface area (Å²) in [7, 11) is 1.74. The molecular formula is C27H34N2O2. The molecule has 0 unspecified atom stereocenters. The van der Waals surface area contributed by atoms with Gasteiger partial charge in [-0.3, -0.25) is 4.99 Å². The molecule has 6 rings (SSSR count). The summed E-state index contributed by atoms with van der Waals surface area (Å²) in [5.74, 6) is 4.00. The lowest BCUT2D eigenvalue weighted by atomic mass is 9.77. The van der Waals surface area contributed by atoms with Crippen molar-refractivity contribution in [2.45, 2.75) is 65.2 Å². The van der Waals surface area contributed by atoms with E-state index < -0.39 is 0 Å². The fraction of sp³-hybridized carbons (Fsp3) is 0.519. The molecule has 4 nitrogen and oxygen atoms in total. The Balaban J connectivity index is 1.64. The Morgan fingerprint density at radius 3 is 2.68 bits per heavy atom. The highest BCUT2D eigenvalue weighted by atomic mass is 16.5. The van der Waals surface area contributed by atoms with Gasteiger partial charge in [-0.05, 0) is 60.8 Å². The van der Waals surface area contributed by atoms with Crippen molar-refractivity contribution in [2.24, 2.45) is 22.7 Å². The average molecular weight is 419 g/mol. The van der Waals surface area contributed by atoms with E-state index in [0.717, 1.165) is 29.4 Å². The van der Waals surface area contributed by atoms with Gasteiger partial charge in [0.05, 0.1) is 18.5 Å². The number of H-pyrrole nitrogens is 1. The normalized spacial score (nSPS) is 24.1. The lowest BCUT2D eigenvalue weighted by Crippen LogP contribution is -2.19. The second-order valence-corrected chi connectivity index (χ2v) is 9.59. The van der Waals surface area contributed by atoms with Gasteiger partial charge in [-0.1, -0.05) is 46.0 Å². The Morgan fingerprint density at radius 1 is 1.13 bits per heavy atom. The molecule has 0 saturated heterocycles. The van der Waals surface area contributed by atoms with Crippen LogP contribution in [-0.4, -0.2) is 17.8 Å². The molecule has 2 atom stereocenters. The Kier molecular flexibility index (Phi) is 5.64. The lowest BCUT2D eigenvalue weighted by Gasteiger charge is -2.26. The van der Waals surface area contributed by atoms with Crippen molar-refractivity contribution in [1.29, 1.82) is 0 Å². The number of allylic oxidation sites excluding steroid dienone is 3. The van der Waals surface area contributed by atoms with Crippen molar-refractivity contribution < 1.29 is 9.15 Å². The maximum absolute atomic E-state index is 6.50. The third kappa shape index (κ3) is 3.71. The summed E-state index contributed by atoms with van der Waals surface area (Å²) in [6.45, 7) is 4.72. The summed E-state index contributed by atoms with van der Waals surface area (Å²) in [4.78, 5) is 8.45. The minimum Gasteiger partial charge on any atom is -0.493 e. The number of aliphatic imine (C=N–C) groups is 1. The van der Waals surface area contributed by atoms with Crippen LogP contribution in [0.3, 0.4) is 0 Å². The smallest absolute Gasteiger partial charge is 0.175 e. The number of nitrogens with zero attached hydrogens (tertiary/aromatic N) is 1. The lowest BCUT2D eigenvalue weighted by molar-refractivity contribution is 0.341. The van der Waals surface area contributed by atoms with Crippen LogP contribution in [0, 0.1) is 17.8 Å². The SMILES string of the molecule is COc1cc(-c2ccc[nH]2)oc1C1=C2N=C3C=C2[C@H](C(C)C)[C@H]1CCCCCCCC3. The highest BCUT2D eigenvalue weighted by Gasteiger charge is 2.44. The van der Waals surface area contributed by atoms with Gasteiger partial charge in [0.25, 0.3) is 0 Å². The van der Waals surface area contributed by atoms with E-state index in [2.05, 4.69) is 24.9 Å². The van der Waals surface area contributed by atoms with E-state index in [4.69, 9.17) is 14.1 Å². The van der Waals surface area contributed by atoms with Crippen LogP contribution in [0.5, 0.6) is 5.75 Å². The van der Waals surface area contributed by atoms with Crippen LogP contribution in [0.25, 0.3) is 17.0 Å². The van der Waals surface area contributed by atoms with E-state index in [-0.39, 0.29) is 0 Å². The van der Waals surface area contributed by atoms with Crippen molar-refractivity contribution in [1.82, 2.24) is 4.98 Å². The summed E-state index contributed by atoms with van der Waals surface area (Å²) < 4.78 is 12.3. The summed E-state index contributed by atoms with van der Waals surface area (Å²) >= 11 is 0. The molecular weight excluding hydrogens is 384 g/mol. The fourth-order valence-electron chi connectivity index (χ4n) is 5.79. The van der Waals surface area contributed by atoms with Crippen molar-refractivity contribution in [3.8, 4) is 17.2 Å². The summed E-state index contributed by atoms with van der Waals surface area (Å²) in [6.07, 6.45) is 14.4. The topological polar surface area (TPSA) is 50.5 Å². The number of aromatic nitrogens is 1. The first-order chi connectivity index (χ1) is 15.2. The molecule has 0 fully saturated rings. The summed E-state index contributed by atoms with van der Waals surface area (Å²) in [6, 6.07) is 6.05. The number of hydrogen-bond acceptors (Lipinski definition) is 3. The molecule has 2 aliphatic carbocycles. The third-order valence-corrected chi connectivity index (χ3v) is 7.21. The minimum atomic E-state index is 0.434. The van der Waals surface area contributed by atoms with Crippen LogP contribution in [0.4, 0.5) is 0 Å². The van der Waals surface area contributed by atoms with Gasteiger partial charge in [0.1, 0.15) is 0 Å². The average Bonchev–Trinajstić information content (AvgIpc) is 3.52. The minimum absolute atomic E-state index is 0.434. The number of methoxy groups -OCH3 is 1. The monoisotopic (exact) mass is 418 g/mol. The van der Waals surface area contributed by atoms with Gasteiger partial charge in [-0.25, -0.2) is 0 Å². The molecule has 31 heavy (non-hydrogen) atoms. The molecule has 0 amide bonds. The molecule has 0 spiro atoms. The van der Waals surface area contributed by atoms with Gasteiger partial charge in [0, 0.05) is 23.5 Å². The van der Waals surface area contributed by atoms with Crippen molar-refractivity contribution in [2.75, 3.05) is 7.11 Å². The van der Waals surface area contributed by atoms with Crippen LogP contribution < -0.4 is 4.74 Å². The predicted octanol–water partition coefficient (Wildman–Crippen LogP) is 7.41. The number of fused-ring (bicyclic) bond motifs is 7. The van der Waals surface area contributed by atoms with E-state index in [0.29, 0.717) is 17.8 Å². The first-order valence-electron chi connectivity index (χ1n) is 12.0. The number of rotatable bonds is 4. The number of hydrogen-bond donors (Lipinski definition) is 1. The van der Waals surface area contributed by atoms with E-state index in [1.165, 1.54) is 67.5 Å². The van der Waals surface area contributed by atoms with Gasteiger partial charge in [-0.2, -0.15) is 0 Å². The molecule has 2 aromatic heterocycles. The summed E-state index contributed by atoms with van der Waals surface area (Å²) in [5.41, 5.74) is 6.10. The molecule has 0 saturated carbocycles. The predicted molar refractivity (Wildman–Crippen MR) is 126 cm³/mol. The second kappa shape index (κ2) is 8.57. The zero-order chi connectivity index (χ0) is 21.4. The molecule has 2 aromatic rings. The van der Waals surface area contributed by atoms with Crippen molar-refractivity contribution >= 4 is 11.3 Å². The molecule has 0 radical (unpaired) electrons. The van der Waals surface area contributed by atoms with Gasteiger partial charge >= 0.3 is 0 Å². The van der Waals surface area contributed by atoms with Crippen LogP contribution in [0.15, 0.2) is 51.2 Å². The molecule has 4 bridgehead atoms. The molecule has 2 aliphatic heterocycles. The van der Waals surface area contributed by atoms with E-state index >= 15 is 0 Å². The zero-order valence-electron chi connectivity index (χ0n) is 19.0. The highest BCUT2D eigenvalue weighted by Crippen LogP contribution is 2.55. The number of aromatic amines is 1. The third-order valence-electron chi connectivity index (χ3n) is 7.21. The molecule has 4 aliphatic rings.